The van der Waals surface area contributed by atoms with Gasteiger partial charge in [-0.15, -0.1) is 0 Å². The fourth-order valence-corrected chi connectivity index (χ4v) is 3.51. The maximum absolute atomic E-state index is 13.5. The summed E-state index contributed by atoms with van der Waals surface area (Å²) in [5.74, 6) is -4.13. The molecule has 6 heteroatoms. The van der Waals surface area contributed by atoms with Crippen molar-refractivity contribution in [3.8, 4) is 5.75 Å². The number of rotatable bonds is 6. The highest BCUT2D eigenvalue weighted by atomic mass is 19.2. The Morgan fingerprint density at radius 3 is 2.44 bits per heavy atom. The van der Waals surface area contributed by atoms with E-state index in [2.05, 4.69) is 0 Å². The van der Waals surface area contributed by atoms with E-state index in [1.807, 2.05) is 30.3 Å². The molecule has 162 valence electrons. The van der Waals surface area contributed by atoms with Crippen LogP contribution in [0.1, 0.15) is 23.6 Å². The van der Waals surface area contributed by atoms with E-state index in [9.17, 15) is 18.7 Å². The highest BCUT2D eigenvalue weighted by molar-refractivity contribution is 6.07. The number of esters is 1. The second-order valence-corrected chi connectivity index (χ2v) is 7.44. The number of hydrogen-bond donors (Lipinski definition) is 1. The number of para-hydroxylation sites is 1. The number of hydrogen-bond acceptors (Lipinski definition) is 4. The molecule has 0 spiro atoms. The van der Waals surface area contributed by atoms with Gasteiger partial charge in [-0.2, -0.15) is 0 Å². The number of ether oxygens (including phenoxy) is 2. The molecule has 0 radical (unpaired) electrons. The van der Waals surface area contributed by atoms with Crippen molar-refractivity contribution in [1.29, 1.82) is 0 Å². The molecule has 0 aliphatic carbocycles. The molecule has 1 aliphatic heterocycles. The van der Waals surface area contributed by atoms with Crippen molar-refractivity contribution in [2.45, 2.75) is 19.3 Å². The molecule has 0 amide bonds. The third-order valence-electron chi connectivity index (χ3n) is 5.02. The van der Waals surface area contributed by atoms with Gasteiger partial charge >= 0.3 is 5.97 Å². The number of carbonyl (C=O) groups excluding carboxylic acids is 1. The molecule has 3 aromatic rings. The van der Waals surface area contributed by atoms with Crippen molar-refractivity contribution in [1.82, 2.24) is 0 Å². The molecule has 1 N–H and O–H groups in total. The summed E-state index contributed by atoms with van der Waals surface area (Å²) < 4.78 is 37.9. The second kappa shape index (κ2) is 8.77. The minimum absolute atomic E-state index is 0.0931. The van der Waals surface area contributed by atoms with E-state index in [-0.39, 0.29) is 11.1 Å². The van der Waals surface area contributed by atoms with Crippen LogP contribution in [0.2, 0.25) is 0 Å². The SMILES string of the molecule is CC1(O)OC(=O)C(C=Cc2ccc(F)c(F)c2)=C1c1ccccc1OCc1ccccc1. The zero-order chi connectivity index (χ0) is 22.7. The first-order valence-electron chi connectivity index (χ1n) is 9.95. The molecule has 0 saturated heterocycles. The van der Waals surface area contributed by atoms with Gasteiger partial charge in [0.25, 0.3) is 0 Å². The first kappa shape index (κ1) is 21.5. The molecule has 1 atom stereocenters. The van der Waals surface area contributed by atoms with Crippen LogP contribution in [0.5, 0.6) is 5.75 Å². The van der Waals surface area contributed by atoms with Crippen molar-refractivity contribution in [3.05, 3.63) is 113 Å². The molecule has 0 aromatic heterocycles. The average molecular weight is 434 g/mol. The van der Waals surface area contributed by atoms with Crippen LogP contribution >= 0.6 is 0 Å². The first-order valence-corrected chi connectivity index (χ1v) is 9.95. The molecule has 0 saturated carbocycles. The van der Waals surface area contributed by atoms with Gasteiger partial charge in [-0.05, 0) is 35.4 Å². The van der Waals surface area contributed by atoms with Gasteiger partial charge in [0, 0.05) is 18.1 Å². The number of aliphatic hydroxyl groups is 1. The summed E-state index contributed by atoms with van der Waals surface area (Å²) in [5.41, 5.74) is 2.12. The smallest absolute Gasteiger partial charge is 0.341 e. The van der Waals surface area contributed by atoms with Crippen LogP contribution in [0.25, 0.3) is 11.6 Å². The normalized spacial score (nSPS) is 18.3. The van der Waals surface area contributed by atoms with Crippen LogP contribution in [0, 0.1) is 11.6 Å². The predicted octanol–water partition coefficient (Wildman–Crippen LogP) is 5.28. The Balaban J connectivity index is 1.73. The van der Waals surface area contributed by atoms with Gasteiger partial charge in [0.15, 0.2) is 11.6 Å². The van der Waals surface area contributed by atoms with Crippen LogP contribution in [0.3, 0.4) is 0 Å². The lowest BCUT2D eigenvalue weighted by Crippen LogP contribution is -2.26. The summed E-state index contributed by atoms with van der Waals surface area (Å²) in [4.78, 5) is 12.5. The largest absolute Gasteiger partial charge is 0.488 e. The lowest BCUT2D eigenvalue weighted by Gasteiger charge is -2.21. The van der Waals surface area contributed by atoms with Gasteiger partial charge in [-0.3, -0.25) is 0 Å². The quantitative estimate of drug-likeness (QED) is 0.537. The van der Waals surface area contributed by atoms with Crippen LogP contribution in [0.4, 0.5) is 8.78 Å². The van der Waals surface area contributed by atoms with E-state index in [4.69, 9.17) is 9.47 Å². The van der Waals surface area contributed by atoms with Crippen molar-refractivity contribution in [2.24, 2.45) is 0 Å². The second-order valence-electron chi connectivity index (χ2n) is 7.44. The topological polar surface area (TPSA) is 55.8 Å². The van der Waals surface area contributed by atoms with Crippen molar-refractivity contribution in [2.75, 3.05) is 0 Å². The summed E-state index contributed by atoms with van der Waals surface area (Å²) in [5, 5.41) is 10.8. The maximum Gasteiger partial charge on any atom is 0.341 e. The average Bonchev–Trinajstić information content (AvgIpc) is 3.01. The minimum Gasteiger partial charge on any atom is -0.488 e. The van der Waals surface area contributed by atoms with E-state index in [1.165, 1.54) is 25.1 Å². The van der Waals surface area contributed by atoms with Gasteiger partial charge in [0.2, 0.25) is 5.79 Å². The summed E-state index contributed by atoms with van der Waals surface area (Å²) >= 11 is 0. The number of carbonyl (C=O) groups is 1. The molecule has 32 heavy (non-hydrogen) atoms. The summed E-state index contributed by atoms with van der Waals surface area (Å²) in [6.07, 6.45) is 2.87. The number of benzene rings is 3. The molecule has 1 heterocycles. The van der Waals surface area contributed by atoms with Crippen LogP contribution in [0.15, 0.2) is 84.4 Å². The molecular weight excluding hydrogens is 414 g/mol. The van der Waals surface area contributed by atoms with E-state index in [1.54, 1.807) is 24.3 Å². The lowest BCUT2D eigenvalue weighted by atomic mass is 9.94. The van der Waals surface area contributed by atoms with Crippen LogP contribution in [-0.2, 0) is 16.1 Å². The fraction of sp³-hybridized carbons (Fsp3) is 0.115. The maximum atomic E-state index is 13.5. The summed E-state index contributed by atoms with van der Waals surface area (Å²) in [6.45, 7) is 1.66. The molecule has 4 rings (SSSR count). The summed E-state index contributed by atoms with van der Waals surface area (Å²) in [7, 11) is 0. The van der Waals surface area contributed by atoms with Crippen LogP contribution < -0.4 is 4.74 Å². The fourth-order valence-electron chi connectivity index (χ4n) is 3.51. The zero-order valence-corrected chi connectivity index (χ0v) is 17.2. The Morgan fingerprint density at radius 1 is 0.969 bits per heavy atom. The number of halogens is 2. The number of cyclic esters (lactones) is 1. The Labute approximate surface area is 184 Å². The third-order valence-corrected chi connectivity index (χ3v) is 5.02. The summed E-state index contributed by atoms with van der Waals surface area (Å²) in [6, 6.07) is 20.0. The molecular formula is C26H20F2O4. The standard InChI is InChI=1S/C26H20F2O4/c1-26(30)24(19-9-5-6-10-23(19)31-16-18-7-3-2-4-8-18)20(25(29)32-26)13-11-17-12-14-21(27)22(28)15-17/h2-15,30H,16H2,1H3. The van der Waals surface area contributed by atoms with Crippen LogP contribution in [-0.4, -0.2) is 16.9 Å². The third kappa shape index (κ3) is 4.45. The lowest BCUT2D eigenvalue weighted by molar-refractivity contribution is -0.170. The minimum atomic E-state index is -1.89. The van der Waals surface area contributed by atoms with Gasteiger partial charge in [-0.1, -0.05) is 60.7 Å². The molecule has 3 aromatic carbocycles. The van der Waals surface area contributed by atoms with E-state index in [0.29, 0.717) is 23.5 Å². The van der Waals surface area contributed by atoms with Gasteiger partial charge in [0.1, 0.15) is 12.4 Å². The Morgan fingerprint density at radius 2 is 1.69 bits per heavy atom. The molecule has 0 bridgehead atoms. The molecule has 0 fully saturated rings. The monoisotopic (exact) mass is 434 g/mol. The Hall–Kier alpha value is -3.77. The zero-order valence-electron chi connectivity index (χ0n) is 17.2. The Bertz CT molecular complexity index is 1210. The molecule has 1 unspecified atom stereocenters. The van der Waals surface area contributed by atoms with Gasteiger partial charge < -0.3 is 14.6 Å². The van der Waals surface area contributed by atoms with Gasteiger partial charge in [-0.25, -0.2) is 13.6 Å². The Kier molecular flexibility index (Phi) is 5.88. The molecule has 4 nitrogen and oxygen atoms in total. The van der Waals surface area contributed by atoms with E-state index in [0.717, 1.165) is 17.7 Å². The molecule has 1 aliphatic rings. The highest BCUT2D eigenvalue weighted by Gasteiger charge is 2.43. The van der Waals surface area contributed by atoms with E-state index < -0.39 is 23.4 Å². The van der Waals surface area contributed by atoms with Gasteiger partial charge in [0.05, 0.1) is 5.57 Å². The van der Waals surface area contributed by atoms with E-state index >= 15 is 0 Å². The van der Waals surface area contributed by atoms with Crippen molar-refractivity contribution >= 4 is 17.6 Å². The predicted molar refractivity (Wildman–Crippen MR) is 116 cm³/mol. The first-order chi connectivity index (χ1) is 15.3. The van der Waals surface area contributed by atoms with Crippen molar-refractivity contribution < 1.29 is 28.2 Å². The highest BCUT2D eigenvalue weighted by Crippen LogP contribution is 2.42. The van der Waals surface area contributed by atoms with Crippen molar-refractivity contribution in [3.63, 3.8) is 0 Å².